The summed E-state index contributed by atoms with van der Waals surface area (Å²) in [5, 5.41) is 7.82. The first kappa shape index (κ1) is 12.9. The third-order valence-corrected chi connectivity index (χ3v) is 2.41. The maximum absolute atomic E-state index is 9.53. The quantitative estimate of drug-likeness (QED) is 0.298. The fraction of sp³-hybridized carbons (Fsp3) is 0.500. The van der Waals surface area contributed by atoms with Crippen molar-refractivity contribution in [1.82, 2.24) is 0 Å². The van der Waals surface area contributed by atoms with Crippen LogP contribution in [0.2, 0.25) is 0 Å². The highest BCUT2D eigenvalue weighted by molar-refractivity contribution is 14.1. The van der Waals surface area contributed by atoms with Crippen molar-refractivity contribution in [3.63, 3.8) is 0 Å². The second kappa shape index (κ2) is 6.41. The van der Waals surface area contributed by atoms with E-state index in [2.05, 4.69) is 55.4 Å². The Morgan fingerprint density at radius 2 is 2.08 bits per heavy atom. The highest BCUT2D eigenvalue weighted by Crippen LogP contribution is 2.40. The molecule has 0 radical (unpaired) electrons. The molecule has 1 rings (SSSR count). The Morgan fingerprint density at radius 1 is 1.67 bits per heavy atom. The van der Waals surface area contributed by atoms with Gasteiger partial charge in [0.15, 0.2) is 0 Å². The van der Waals surface area contributed by atoms with Crippen LogP contribution in [-0.4, -0.2) is 24.6 Å². The zero-order chi connectivity index (χ0) is 9.61. The van der Waals surface area contributed by atoms with Crippen LogP contribution in [-0.2, 0) is 4.74 Å². The summed E-state index contributed by atoms with van der Waals surface area (Å²) < 4.78 is 5.10. The van der Waals surface area contributed by atoms with E-state index >= 15 is 0 Å². The summed E-state index contributed by atoms with van der Waals surface area (Å²) in [6.07, 6.45) is 2.98. The summed E-state index contributed by atoms with van der Waals surface area (Å²) in [7, 11) is 0. The van der Waals surface area contributed by atoms with E-state index in [4.69, 9.17) is 5.11 Å². The lowest BCUT2D eigenvalue weighted by Crippen LogP contribution is -2.01. The minimum absolute atomic E-state index is 0.282. The molecule has 0 amide bonds. The third kappa shape index (κ3) is 11.0. The van der Waals surface area contributed by atoms with E-state index in [-0.39, 0.29) is 8.94 Å². The Hall–Kier alpha value is 0.950. The van der Waals surface area contributed by atoms with E-state index in [0.29, 0.717) is 4.43 Å². The molecule has 70 valence electrons. The lowest BCUT2D eigenvalue weighted by atomic mass is 10.9. The van der Waals surface area contributed by atoms with E-state index in [1.165, 1.54) is 0 Å². The van der Waals surface area contributed by atoms with Gasteiger partial charge in [0.1, 0.15) is 8.94 Å². The first-order valence-corrected chi connectivity index (χ1v) is 6.37. The van der Waals surface area contributed by atoms with Crippen LogP contribution in [0.3, 0.4) is 0 Å². The molecule has 1 aliphatic carbocycles. The van der Waals surface area contributed by atoms with Gasteiger partial charge in [-0.25, -0.2) is 4.79 Å². The number of hydrogen-bond acceptors (Lipinski definition) is 2. The van der Waals surface area contributed by atoms with E-state index in [0.717, 1.165) is 0 Å². The molecule has 0 atom stereocenters. The number of rotatable bonds is 2. The van der Waals surface area contributed by atoms with Crippen LogP contribution in [0.4, 0.5) is 4.79 Å². The molecule has 3 nitrogen and oxygen atoms in total. The van der Waals surface area contributed by atoms with Crippen molar-refractivity contribution in [2.45, 2.75) is 2.33 Å². The van der Waals surface area contributed by atoms with E-state index in [9.17, 15) is 4.79 Å². The summed E-state index contributed by atoms with van der Waals surface area (Å²) >= 11 is 7.69. The Kier molecular flexibility index (Phi) is 6.92. The molecule has 12 heavy (non-hydrogen) atoms. The van der Waals surface area contributed by atoms with Gasteiger partial charge in [0.05, 0.1) is 0 Å². The standard InChI is InChI=1S/C3H2BrI.C3H5IO3/c4-3(5)1-2-3;4-1-2-7-3(5)6/h1-2H;1-2H2,(H,5,6). The normalized spacial score (nSPS) is 15.9. The molecule has 0 bridgehead atoms. The maximum atomic E-state index is 9.53. The molecule has 0 spiro atoms. The molecular weight excluding hydrogens is 454 g/mol. The summed E-state index contributed by atoms with van der Waals surface area (Å²) in [6, 6.07) is 0. The largest absolute Gasteiger partial charge is 0.505 e. The number of carboxylic acid groups (broad SMARTS) is 1. The lowest BCUT2D eigenvalue weighted by Gasteiger charge is -1.91. The minimum Gasteiger partial charge on any atom is -0.450 e. The molecule has 0 saturated carbocycles. The predicted octanol–water partition coefficient (Wildman–Crippen LogP) is 3.20. The molecule has 0 heterocycles. The first-order chi connectivity index (χ1) is 5.48. The van der Waals surface area contributed by atoms with Crippen LogP contribution in [0.25, 0.3) is 0 Å². The number of alkyl halides is 3. The second-order valence-corrected chi connectivity index (χ2v) is 7.47. The van der Waals surface area contributed by atoms with Gasteiger partial charge in [-0.3, -0.25) is 0 Å². The van der Waals surface area contributed by atoms with Gasteiger partial charge >= 0.3 is 6.16 Å². The Bertz CT molecular complexity index is 174. The lowest BCUT2D eigenvalue weighted by molar-refractivity contribution is 0.0980. The van der Waals surface area contributed by atoms with Crippen molar-refractivity contribution >= 4 is 67.3 Å². The smallest absolute Gasteiger partial charge is 0.450 e. The van der Waals surface area contributed by atoms with Crippen molar-refractivity contribution in [3.8, 4) is 0 Å². The van der Waals surface area contributed by atoms with Crippen LogP contribution in [0.5, 0.6) is 0 Å². The van der Waals surface area contributed by atoms with Gasteiger partial charge in [0, 0.05) is 4.43 Å². The number of carbonyl (C=O) groups is 1. The van der Waals surface area contributed by atoms with Gasteiger partial charge in [0.2, 0.25) is 0 Å². The van der Waals surface area contributed by atoms with Gasteiger partial charge in [-0.05, 0) is 0 Å². The molecule has 0 fully saturated rings. The average Bonchev–Trinajstić information content (AvgIpc) is 2.63. The van der Waals surface area contributed by atoms with Crippen molar-refractivity contribution in [1.29, 1.82) is 0 Å². The Morgan fingerprint density at radius 3 is 2.17 bits per heavy atom. The molecule has 1 aliphatic rings. The minimum atomic E-state index is -1.20. The monoisotopic (exact) mass is 460 g/mol. The predicted molar refractivity (Wildman–Crippen MR) is 67.7 cm³/mol. The zero-order valence-electron chi connectivity index (χ0n) is 5.97. The zero-order valence-corrected chi connectivity index (χ0v) is 11.9. The molecule has 1 N–H and O–H groups in total. The fourth-order valence-corrected chi connectivity index (χ4v) is 0.721. The molecule has 0 aromatic rings. The summed E-state index contributed by atoms with van der Waals surface area (Å²) in [6.45, 7) is 0.288. The van der Waals surface area contributed by atoms with Crippen molar-refractivity contribution in [2.75, 3.05) is 11.0 Å². The number of allylic oxidation sites excluding steroid dienone is 2. The molecule has 0 unspecified atom stereocenters. The van der Waals surface area contributed by atoms with E-state index in [1.807, 2.05) is 22.6 Å². The van der Waals surface area contributed by atoms with Gasteiger partial charge < -0.3 is 9.84 Å². The van der Waals surface area contributed by atoms with Crippen LogP contribution in [0.1, 0.15) is 0 Å². The summed E-state index contributed by atoms with van der Waals surface area (Å²) in [4.78, 5) is 9.53. The van der Waals surface area contributed by atoms with Crippen molar-refractivity contribution < 1.29 is 14.6 Å². The van der Waals surface area contributed by atoms with Crippen LogP contribution >= 0.6 is 61.1 Å². The molecule has 0 aliphatic heterocycles. The first-order valence-electron chi connectivity index (χ1n) is 2.98. The summed E-state index contributed by atoms with van der Waals surface area (Å²) in [5.74, 6) is 0. The van der Waals surface area contributed by atoms with Gasteiger partial charge in [-0.2, -0.15) is 0 Å². The van der Waals surface area contributed by atoms with Crippen molar-refractivity contribution in [2.24, 2.45) is 0 Å². The van der Waals surface area contributed by atoms with Gasteiger partial charge in [-0.15, -0.1) is 0 Å². The van der Waals surface area contributed by atoms with E-state index in [1.54, 1.807) is 0 Å². The molecular formula is C6H7BrI2O3. The Labute approximate surface area is 106 Å². The van der Waals surface area contributed by atoms with Crippen LogP contribution < -0.4 is 0 Å². The average molecular weight is 461 g/mol. The highest BCUT2D eigenvalue weighted by atomic mass is 127. The van der Waals surface area contributed by atoms with Crippen LogP contribution in [0, 0.1) is 0 Å². The summed E-state index contributed by atoms with van der Waals surface area (Å²) in [5.41, 5.74) is 0. The molecule has 0 aromatic heterocycles. The van der Waals surface area contributed by atoms with Gasteiger partial charge in [-0.1, -0.05) is 73.3 Å². The van der Waals surface area contributed by atoms with Crippen LogP contribution in [0.15, 0.2) is 12.2 Å². The Balaban J connectivity index is 0.000000211. The number of halogens is 3. The fourth-order valence-electron chi connectivity index (χ4n) is 0.189. The van der Waals surface area contributed by atoms with Gasteiger partial charge in [0.25, 0.3) is 0 Å². The molecule has 6 heteroatoms. The number of hydrogen-bond donors (Lipinski definition) is 1. The topological polar surface area (TPSA) is 46.5 Å². The SMILES string of the molecule is BrC1(I)C=C1.O=C(O)OCCI. The molecule has 0 aromatic carbocycles. The van der Waals surface area contributed by atoms with E-state index < -0.39 is 6.16 Å². The molecule has 0 saturated heterocycles. The maximum Gasteiger partial charge on any atom is 0.505 e. The number of ether oxygens (including phenoxy) is 1. The highest BCUT2D eigenvalue weighted by Gasteiger charge is 2.24. The third-order valence-electron chi connectivity index (χ3n) is 0.721. The second-order valence-electron chi connectivity index (χ2n) is 1.81. The van der Waals surface area contributed by atoms with Crippen molar-refractivity contribution in [3.05, 3.63) is 12.2 Å².